The van der Waals surface area contributed by atoms with E-state index in [1.807, 2.05) is 31.2 Å². The number of ether oxygens (including phenoxy) is 1. The van der Waals surface area contributed by atoms with E-state index in [0.717, 1.165) is 28.6 Å². The largest absolute Gasteiger partial charge is 0.486 e. The van der Waals surface area contributed by atoms with E-state index in [-0.39, 0.29) is 18.4 Å². The van der Waals surface area contributed by atoms with Gasteiger partial charge in [0.15, 0.2) is 0 Å². The van der Waals surface area contributed by atoms with Gasteiger partial charge < -0.3 is 9.84 Å². The molecule has 1 N–H and O–H groups in total. The molecule has 0 fully saturated rings. The molecule has 4 heteroatoms. The van der Waals surface area contributed by atoms with E-state index < -0.39 is 5.97 Å². The van der Waals surface area contributed by atoms with E-state index in [2.05, 4.69) is 34.1 Å². The Morgan fingerprint density at radius 1 is 1.30 bits per heavy atom. The first-order valence-corrected chi connectivity index (χ1v) is 8.59. The number of rotatable bonds is 5. The smallest absolute Gasteiger partial charge is 0.303 e. The molecule has 0 saturated carbocycles. The van der Waals surface area contributed by atoms with Crippen molar-refractivity contribution in [2.45, 2.75) is 38.2 Å². The van der Waals surface area contributed by atoms with Gasteiger partial charge in [-0.25, -0.2) is 0 Å². The normalized spacial score (nSPS) is 17.6. The Balaban J connectivity index is 1.69. The molecule has 120 valence electrons. The quantitative estimate of drug-likeness (QED) is 0.792. The first-order chi connectivity index (χ1) is 11.0. The summed E-state index contributed by atoms with van der Waals surface area (Å²) in [6, 6.07) is 14.1. The third-order valence-corrected chi connectivity index (χ3v) is 4.83. The third-order valence-electron chi connectivity index (χ3n) is 4.34. The Hall–Kier alpha value is -1.81. The summed E-state index contributed by atoms with van der Waals surface area (Å²) in [6.07, 6.45) is 2.27. The van der Waals surface area contributed by atoms with Crippen LogP contribution in [0.3, 0.4) is 0 Å². The highest BCUT2D eigenvalue weighted by atomic mass is 79.9. The lowest BCUT2D eigenvalue weighted by Crippen LogP contribution is -2.05. The Labute approximate surface area is 144 Å². The van der Waals surface area contributed by atoms with Gasteiger partial charge in [0, 0.05) is 4.47 Å². The summed E-state index contributed by atoms with van der Waals surface area (Å²) in [4.78, 5) is 10.8. The van der Waals surface area contributed by atoms with Crippen LogP contribution in [0.2, 0.25) is 0 Å². The molecule has 0 bridgehead atoms. The SMILES string of the molecule is CC(CC(=O)O)c1ccc(OC2CCc3cc(Br)ccc32)cc1. The van der Waals surface area contributed by atoms with Crippen molar-refractivity contribution < 1.29 is 14.6 Å². The van der Waals surface area contributed by atoms with Gasteiger partial charge >= 0.3 is 5.97 Å². The molecule has 0 aliphatic heterocycles. The highest BCUT2D eigenvalue weighted by Gasteiger charge is 2.24. The second-order valence-electron chi connectivity index (χ2n) is 6.06. The first-order valence-electron chi connectivity index (χ1n) is 7.79. The number of carboxylic acids is 1. The lowest BCUT2D eigenvalue weighted by atomic mass is 9.98. The molecule has 0 saturated heterocycles. The minimum absolute atomic E-state index is 0.00565. The fourth-order valence-electron chi connectivity index (χ4n) is 3.09. The van der Waals surface area contributed by atoms with Crippen LogP contribution in [0.15, 0.2) is 46.9 Å². The molecule has 3 rings (SSSR count). The van der Waals surface area contributed by atoms with Crippen molar-refractivity contribution in [3.05, 3.63) is 63.6 Å². The number of carboxylic acid groups (broad SMARTS) is 1. The molecule has 0 radical (unpaired) electrons. The van der Waals surface area contributed by atoms with Crippen molar-refractivity contribution in [3.8, 4) is 5.75 Å². The Kier molecular flexibility index (Phi) is 4.71. The molecule has 2 aromatic rings. The van der Waals surface area contributed by atoms with Gasteiger partial charge in [0.2, 0.25) is 0 Å². The average Bonchev–Trinajstić information content (AvgIpc) is 2.89. The number of aryl methyl sites for hydroxylation is 1. The van der Waals surface area contributed by atoms with Crippen LogP contribution in [0.4, 0.5) is 0 Å². The number of carbonyl (C=O) groups is 1. The predicted octanol–water partition coefficient (Wildman–Crippen LogP) is 5.09. The third kappa shape index (κ3) is 3.75. The van der Waals surface area contributed by atoms with Crippen LogP contribution in [0.1, 0.15) is 48.5 Å². The number of fused-ring (bicyclic) bond motifs is 1. The molecule has 0 amide bonds. The predicted molar refractivity (Wildman–Crippen MR) is 92.9 cm³/mol. The van der Waals surface area contributed by atoms with Gasteiger partial charge in [-0.3, -0.25) is 4.79 Å². The van der Waals surface area contributed by atoms with Crippen LogP contribution < -0.4 is 4.74 Å². The zero-order valence-corrected chi connectivity index (χ0v) is 14.5. The van der Waals surface area contributed by atoms with Gasteiger partial charge in [-0.05, 0) is 59.7 Å². The van der Waals surface area contributed by atoms with Gasteiger partial charge in [-0.15, -0.1) is 0 Å². The fourth-order valence-corrected chi connectivity index (χ4v) is 3.50. The number of halogens is 1. The van der Waals surface area contributed by atoms with Crippen molar-refractivity contribution >= 4 is 21.9 Å². The van der Waals surface area contributed by atoms with Gasteiger partial charge in [0.05, 0.1) is 6.42 Å². The Bertz CT molecular complexity index is 709. The van der Waals surface area contributed by atoms with Crippen molar-refractivity contribution in [2.24, 2.45) is 0 Å². The molecule has 2 atom stereocenters. The Morgan fingerprint density at radius 3 is 2.74 bits per heavy atom. The average molecular weight is 375 g/mol. The molecule has 2 aromatic carbocycles. The van der Waals surface area contributed by atoms with E-state index in [4.69, 9.17) is 9.84 Å². The molecule has 2 unspecified atom stereocenters. The number of benzene rings is 2. The maximum absolute atomic E-state index is 10.8. The van der Waals surface area contributed by atoms with Crippen molar-refractivity contribution in [2.75, 3.05) is 0 Å². The molecule has 1 aliphatic rings. The minimum atomic E-state index is -0.772. The summed E-state index contributed by atoms with van der Waals surface area (Å²) in [5.74, 6) is 0.0645. The summed E-state index contributed by atoms with van der Waals surface area (Å²) in [7, 11) is 0. The fraction of sp³-hybridized carbons (Fsp3) is 0.316. The first kappa shape index (κ1) is 16.1. The van der Waals surface area contributed by atoms with Crippen molar-refractivity contribution in [3.63, 3.8) is 0 Å². The summed E-state index contributed by atoms with van der Waals surface area (Å²) in [5.41, 5.74) is 3.63. The molecule has 0 spiro atoms. The van der Waals surface area contributed by atoms with Crippen LogP contribution >= 0.6 is 15.9 Å². The second kappa shape index (κ2) is 6.75. The summed E-state index contributed by atoms with van der Waals surface area (Å²) >= 11 is 3.51. The monoisotopic (exact) mass is 374 g/mol. The zero-order chi connectivity index (χ0) is 16.4. The Morgan fingerprint density at radius 2 is 2.04 bits per heavy atom. The molecular formula is C19H19BrO3. The zero-order valence-electron chi connectivity index (χ0n) is 13.0. The summed E-state index contributed by atoms with van der Waals surface area (Å²) < 4.78 is 7.23. The van der Waals surface area contributed by atoms with Crippen LogP contribution in [-0.4, -0.2) is 11.1 Å². The maximum atomic E-state index is 10.8. The van der Waals surface area contributed by atoms with Crippen molar-refractivity contribution in [1.29, 1.82) is 0 Å². The number of hydrogen-bond donors (Lipinski definition) is 1. The van der Waals surface area contributed by atoms with Crippen LogP contribution in [-0.2, 0) is 11.2 Å². The number of hydrogen-bond acceptors (Lipinski definition) is 2. The van der Waals surface area contributed by atoms with Gasteiger partial charge in [-0.1, -0.05) is 41.1 Å². The van der Waals surface area contributed by atoms with Crippen molar-refractivity contribution in [1.82, 2.24) is 0 Å². The molecule has 23 heavy (non-hydrogen) atoms. The molecule has 3 nitrogen and oxygen atoms in total. The van der Waals surface area contributed by atoms with E-state index in [1.165, 1.54) is 11.1 Å². The van der Waals surface area contributed by atoms with E-state index in [0.29, 0.717) is 0 Å². The van der Waals surface area contributed by atoms with E-state index in [9.17, 15) is 4.79 Å². The van der Waals surface area contributed by atoms with Crippen LogP contribution in [0.5, 0.6) is 5.75 Å². The van der Waals surface area contributed by atoms with Crippen LogP contribution in [0.25, 0.3) is 0 Å². The van der Waals surface area contributed by atoms with E-state index >= 15 is 0 Å². The topological polar surface area (TPSA) is 46.5 Å². The summed E-state index contributed by atoms with van der Waals surface area (Å²) in [6.45, 7) is 1.93. The molecule has 1 aliphatic carbocycles. The summed E-state index contributed by atoms with van der Waals surface area (Å²) in [5, 5.41) is 8.87. The maximum Gasteiger partial charge on any atom is 0.303 e. The molecule has 0 heterocycles. The number of aliphatic carboxylic acids is 1. The standard InChI is InChI=1S/C19H19BrO3/c1-12(10-19(21)22)13-2-6-16(7-3-13)23-18-9-4-14-11-15(20)5-8-17(14)18/h2-3,5-8,11-12,18H,4,9-10H2,1H3,(H,21,22). The van der Waals surface area contributed by atoms with Gasteiger partial charge in [0.1, 0.15) is 11.9 Å². The van der Waals surface area contributed by atoms with Gasteiger partial charge in [-0.2, -0.15) is 0 Å². The second-order valence-corrected chi connectivity index (χ2v) is 6.97. The highest BCUT2D eigenvalue weighted by molar-refractivity contribution is 9.10. The lowest BCUT2D eigenvalue weighted by molar-refractivity contribution is -0.137. The molecule has 0 aromatic heterocycles. The molecular weight excluding hydrogens is 356 g/mol. The van der Waals surface area contributed by atoms with Gasteiger partial charge in [0.25, 0.3) is 0 Å². The lowest BCUT2D eigenvalue weighted by Gasteiger charge is -2.16. The minimum Gasteiger partial charge on any atom is -0.486 e. The van der Waals surface area contributed by atoms with Crippen LogP contribution in [0, 0.1) is 0 Å². The van der Waals surface area contributed by atoms with E-state index in [1.54, 1.807) is 0 Å². The highest BCUT2D eigenvalue weighted by Crippen LogP contribution is 2.36.